The van der Waals surface area contributed by atoms with Gasteiger partial charge in [0.05, 0.1) is 12.5 Å². The van der Waals surface area contributed by atoms with Gasteiger partial charge in [-0.05, 0) is 25.7 Å². The fourth-order valence-electron chi connectivity index (χ4n) is 2.08. The Labute approximate surface area is 90.5 Å². The summed E-state index contributed by atoms with van der Waals surface area (Å²) in [5, 5.41) is 8.56. The van der Waals surface area contributed by atoms with Crippen LogP contribution in [0, 0.1) is 11.3 Å². The maximum absolute atomic E-state index is 12.1. The fraction of sp³-hybridized carbons (Fsp3) is 0.818. The lowest BCUT2D eigenvalue weighted by Gasteiger charge is -2.27. The second kappa shape index (κ2) is 4.52. The van der Waals surface area contributed by atoms with Crippen molar-refractivity contribution in [2.75, 3.05) is 19.6 Å². The summed E-state index contributed by atoms with van der Waals surface area (Å²) in [5.74, 6) is 0. The van der Waals surface area contributed by atoms with Gasteiger partial charge in [-0.3, -0.25) is 0 Å². The molecule has 0 unspecified atom stereocenters. The number of hydrogen-bond acceptors (Lipinski definition) is 2. The molecule has 2 fully saturated rings. The first kappa shape index (κ1) is 10.3. The topological polar surface area (TPSA) is 47.3 Å². The van der Waals surface area contributed by atoms with E-state index in [9.17, 15) is 4.79 Å². The van der Waals surface area contributed by atoms with E-state index in [0.29, 0.717) is 19.0 Å². The molecule has 0 N–H and O–H groups in total. The van der Waals surface area contributed by atoms with E-state index in [4.69, 9.17) is 5.26 Å². The smallest absolute Gasteiger partial charge is 0.320 e. The third-order valence-corrected chi connectivity index (χ3v) is 3.07. The Balaban J connectivity index is 1.91. The van der Waals surface area contributed by atoms with Crippen LogP contribution in [0.1, 0.15) is 32.1 Å². The van der Waals surface area contributed by atoms with Gasteiger partial charge < -0.3 is 9.80 Å². The molecule has 2 rings (SSSR count). The molecule has 1 heterocycles. The molecule has 0 radical (unpaired) electrons. The second-order valence-corrected chi connectivity index (χ2v) is 4.31. The molecule has 0 aromatic heterocycles. The number of likely N-dealkylation sites (tertiary alicyclic amines) is 1. The maximum Gasteiger partial charge on any atom is 0.320 e. The predicted molar refractivity (Wildman–Crippen MR) is 56.2 cm³/mol. The van der Waals surface area contributed by atoms with Crippen LogP contribution in [-0.2, 0) is 0 Å². The third-order valence-electron chi connectivity index (χ3n) is 3.07. The van der Waals surface area contributed by atoms with Crippen molar-refractivity contribution in [2.45, 2.75) is 38.1 Å². The summed E-state index contributed by atoms with van der Waals surface area (Å²) >= 11 is 0. The number of rotatable bonds is 3. The van der Waals surface area contributed by atoms with E-state index in [-0.39, 0.29) is 6.03 Å². The zero-order valence-electron chi connectivity index (χ0n) is 8.98. The van der Waals surface area contributed by atoms with Crippen LogP contribution in [0.2, 0.25) is 0 Å². The number of amides is 2. The third kappa shape index (κ3) is 2.41. The molecule has 1 saturated carbocycles. The van der Waals surface area contributed by atoms with Crippen molar-refractivity contribution in [2.24, 2.45) is 0 Å². The van der Waals surface area contributed by atoms with E-state index in [1.165, 1.54) is 0 Å². The van der Waals surface area contributed by atoms with E-state index < -0.39 is 0 Å². The predicted octanol–water partition coefficient (Wildman–Crippen LogP) is 1.58. The van der Waals surface area contributed by atoms with E-state index in [0.717, 1.165) is 38.8 Å². The molecule has 0 atom stereocenters. The van der Waals surface area contributed by atoms with Gasteiger partial charge in [-0.25, -0.2) is 4.79 Å². The molecule has 82 valence electrons. The minimum absolute atomic E-state index is 0.158. The molecule has 0 aromatic carbocycles. The monoisotopic (exact) mass is 207 g/mol. The van der Waals surface area contributed by atoms with Crippen molar-refractivity contribution in [3.05, 3.63) is 0 Å². The molecule has 0 bridgehead atoms. The SMILES string of the molecule is N#CCCN(C(=O)N1CCCC1)C1CC1. The Morgan fingerprint density at radius 2 is 2.07 bits per heavy atom. The Morgan fingerprint density at radius 3 is 2.60 bits per heavy atom. The van der Waals surface area contributed by atoms with Gasteiger partial charge in [0.25, 0.3) is 0 Å². The standard InChI is InChI=1S/C11H17N3O/c12-6-3-9-14(10-4-5-10)11(15)13-7-1-2-8-13/h10H,1-5,7-9H2. The van der Waals surface area contributed by atoms with Gasteiger partial charge in [0.2, 0.25) is 0 Å². The highest BCUT2D eigenvalue weighted by Crippen LogP contribution is 2.28. The Bertz CT molecular complexity index is 274. The number of hydrogen-bond donors (Lipinski definition) is 0. The molecular formula is C11H17N3O. The van der Waals surface area contributed by atoms with Crippen LogP contribution in [0.4, 0.5) is 4.79 Å². The molecule has 2 amide bonds. The zero-order valence-corrected chi connectivity index (χ0v) is 8.98. The molecule has 0 aromatic rings. The molecule has 15 heavy (non-hydrogen) atoms. The molecule has 2 aliphatic rings. The molecule has 4 heteroatoms. The van der Waals surface area contributed by atoms with Crippen LogP contribution in [0.3, 0.4) is 0 Å². The van der Waals surface area contributed by atoms with E-state index in [1.54, 1.807) is 0 Å². The lowest BCUT2D eigenvalue weighted by Crippen LogP contribution is -2.43. The number of nitriles is 1. The molecular weight excluding hydrogens is 190 g/mol. The van der Waals surface area contributed by atoms with Crippen LogP contribution >= 0.6 is 0 Å². The highest BCUT2D eigenvalue weighted by atomic mass is 16.2. The van der Waals surface area contributed by atoms with Crippen LogP contribution in [0.25, 0.3) is 0 Å². The first-order valence-electron chi connectivity index (χ1n) is 5.75. The number of carbonyl (C=O) groups excluding carboxylic acids is 1. The van der Waals surface area contributed by atoms with Gasteiger partial charge in [-0.2, -0.15) is 5.26 Å². The highest BCUT2D eigenvalue weighted by Gasteiger charge is 2.35. The molecule has 1 aliphatic heterocycles. The van der Waals surface area contributed by atoms with E-state index >= 15 is 0 Å². The van der Waals surface area contributed by atoms with Gasteiger partial charge in [0, 0.05) is 25.7 Å². The summed E-state index contributed by atoms with van der Waals surface area (Å²) < 4.78 is 0. The minimum Gasteiger partial charge on any atom is -0.325 e. The normalized spacial score (nSPS) is 20.1. The summed E-state index contributed by atoms with van der Waals surface area (Å²) in [6.07, 6.45) is 4.94. The fourth-order valence-corrected chi connectivity index (χ4v) is 2.08. The zero-order chi connectivity index (χ0) is 10.7. The van der Waals surface area contributed by atoms with Crippen molar-refractivity contribution in [1.82, 2.24) is 9.80 Å². The van der Waals surface area contributed by atoms with E-state index in [2.05, 4.69) is 6.07 Å². The van der Waals surface area contributed by atoms with E-state index in [1.807, 2.05) is 9.80 Å². The number of carbonyl (C=O) groups is 1. The van der Waals surface area contributed by atoms with Crippen molar-refractivity contribution in [1.29, 1.82) is 5.26 Å². The summed E-state index contributed by atoms with van der Waals surface area (Å²) in [4.78, 5) is 15.9. The van der Waals surface area contributed by atoms with Gasteiger partial charge in [0.15, 0.2) is 0 Å². The Hall–Kier alpha value is -1.24. The summed E-state index contributed by atoms with van der Waals surface area (Å²) in [5.41, 5.74) is 0. The average molecular weight is 207 g/mol. The average Bonchev–Trinajstić information content (AvgIpc) is 2.94. The maximum atomic E-state index is 12.1. The number of nitrogens with zero attached hydrogens (tertiary/aromatic N) is 3. The first-order valence-corrected chi connectivity index (χ1v) is 5.75. The van der Waals surface area contributed by atoms with Crippen molar-refractivity contribution >= 4 is 6.03 Å². The van der Waals surface area contributed by atoms with Gasteiger partial charge in [-0.1, -0.05) is 0 Å². The molecule has 0 spiro atoms. The van der Waals surface area contributed by atoms with Gasteiger partial charge in [-0.15, -0.1) is 0 Å². The van der Waals surface area contributed by atoms with Crippen LogP contribution < -0.4 is 0 Å². The summed E-state index contributed by atoms with van der Waals surface area (Å²) in [7, 11) is 0. The summed E-state index contributed by atoms with van der Waals surface area (Å²) in [6.45, 7) is 2.40. The van der Waals surface area contributed by atoms with Crippen LogP contribution in [0.15, 0.2) is 0 Å². The minimum atomic E-state index is 0.158. The number of urea groups is 1. The second-order valence-electron chi connectivity index (χ2n) is 4.31. The van der Waals surface area contributed by atoms with Crippen molar-refractivity contribution in [3.63, 3.8) is 0 Å². The van der Waals surface area contributed by atoms with Gasteiger partial charge in [0.1, 0.15) is 0 Å². The Kier molecular flexibility index (Phi) is 3.10. The molecule has 1 aliphatic carbocycles. The van der Waals surface area contributed by atoms with Crippen molar-refractivity contribution in [3.8, 4) is 6.07 Å². The summed E-state index contributed by atoms with van der Waals surface area (Å²) in [6, 6.07) is 2.69. The van der Waals surface area contributed by atoms with Crippen LogP contribution in [-0.4, -0.2) is 41.5 Å². The highest BCUT2D eigenvalue weighted by molar-refractivity contribution is 5.75. The van der Waals surface area contributed by atoms with Crippen LogP contribution in [0.5, 0.6) is 0 Å². The largest absolute Gasteiger partial charge is 0.325 e. The van der Waals surface area contributed by atoms with Gasteiger partial charge >= 0.3 is 6.03 Å². The lowest BCUT2D eigenvalue weighted by atomic mass is 10.4. The quantitative estimate of drug-likeness (QED) is 0.705. The Morgan fingerprint density at radius 1 is 1.40 bits per heavy atom. The molecule has 4 nitrogen and oxygen atoms in total. The van der Waals surface area contributed by atoms with Crippen molar-refractivity contribution < 1.29 is 4.79 Å². The first-order chi connectivity index (χ1) is 7.33. The molecule has 1 saturated heterocycles. The lowest BCUT2D eigenvalue weighted by molar-refractivity contribution is 0.160.